The quantitative estimate of drug-likeness (QED) is 0.541. The van der Waals surface area contributed by atoms with Gasteiger partial charge in [0.2, 0.25) is 0 Å². The first-order valence-electron chi connectivity index (χ1n) is 3.84. The van der Waals surface area contributed by atoms with Gasteiger partial charge in [0.15, 0.2) is 0 Å². The van der Waals surface area contributed by atoms with Crippen LogP contribution in [0.1, 0.15) is 32.6 Å². The molecule has 1 atom stereocenters. The van der Waals surface area contributed by atoms with E-state index < -0.39 is 4.33 Å². The zero-order valence-corrected chi connectivity index (χ0v) is 7.75. The summed E-state index contributed by atoms with van der Waals surface area (Å²) in [4.78, 5) is 0. The minimum absolute atomic E-state index is 0.407. The van der Waals surface area contributed by atoms with Gasteiger partial charge in [0.05, 0.1) is 0 Å². The summed E-state index contributed by atoms with van der Waals surface area (Å²) < 4.78 is -0.465. The van der Waals surface area contributed by atoms with Crippen LogP contribution in [0.3, 0.4) is 0 Å². The van der Waals surface area contributed by atoms with Crippen LogP contribution in [0, 0.1) is 12.3 Å². The van der Waals surface area contributed by atoms with E-state index in [2.05, 4.69) is 6.42 Å². The van der Waals surface area contributed by atoms with Gasteiger partial charge in [-0.3, -0.25) is 0 Å². The molecule has 1 radical (unpaired) electrons. The minimum atomic E-state index is -0.465. The van der Waals surface area contributed by atoms with Crippen molar-refractivity contribution in [1.82, 2.24) is 0 Å². The maximum absolute atomic E-state index is 6.07. The van der Waals surface area contributed by atoms with Crippen LogP contribution < -0.4 is 0 Å². The number of rotatable bonds is 1. The molecule has 10 heavy (non-hydrogen) atoms. The van der Waals surface area contributed by atoms with E-state index in [1.165, 1.54) is 12.8 Å². The first-order valence-corrected chi connectivity index (χ1v) is 4.60. The van der Waals surface area contributed by atoms with Crippen molar-refractivity contribution in [3.05, 3.63) is 6.42 Å². The third kappa shape index (κ3) is 1.79. The average Bonchev–Trinajstić information content (AvgIpc) is 1.87. The van der Waals surface area contributed by atoms with E-state index >= 15 is 0 Å². The summed E-state index contributed by atoms with van der Waals surface area (Å²) in [5.74, 6) is 0.407. The highest BCUT2D eigenvalue weighted by molar-refractivity contribution is 6.48. The highest BCUT2D eigenvalue weighted by atomic mass is 35.5. The van der Waals surface area contributed by atoms with Crippen LogP contribution in [0.15, 0.2) is 0 Å². The molecule has 0 saturated heterocycles. The first-order chi connectivity index (χ1) is 4.67. The third-order valence-corrected chi connectivity index (χ3v) is 3.16. The fraction of sp³-hybridized carbons (Fsp3) is 0.875. The van der Waals surface area contributed by atoms with Gasteiger partial charge >= 0.3 is 0 Å². The Bertz CT molecular complexity index is 110. The van der Waals surface area contributed by atoms with Crippen molar-refractivity contribution in [2.45, 2.75) is 36.9 Å². The molecule has 0 heterocycles. The van der Waals surface area contributed by atoms with Crippen molar-refractivity contribution in [3.63, 3.8) is 0 Å². The van der Waals surface area contributed by atoms with Crippen LogP contribution >= 0.6 is 23.2 Å². The molecule has 0 aromatic carbocycles. The van der Waals surface area contributed by atoms with E-state index in [1.54, 1.807) is 0 Å². The van der Waals surface area contributed by atoms with Crippen LogP contribution in [0.25, 0.3) is 0 Å². The molecule has 1 saturated carbocycles. The lowest BCUT2D eigenvalue weighted by atomic mass is 9.86. The normalized spacial score (nSPS) is 32.1. The molecule has 1 unspecified atom stereocenters. The molecule has 0 bridgehead atoms. The van der Waals surface area contributed by atoms with Crippen LogP contribution in [0.5, 0.6) is 0 Å². The van der Waals surface area contributed by atoms with Crippen LogP contribution in [-0.4, -0.2) is 4.33 Å². The van der Waals surface area contributed by atoms with E-state index in [9.17, 15) is 0 Å². The maximum atomic E-state index is 6.07. The summed E-state index contributed by atoms with van der Waals surface area (Å²) in [6, 6.07) is 0. The number of halogens is 2. The van der Waals surface area contributed by atoms with Gasteiger partial charge in [-0.15, -0.1) is 23.2 Å². The Kier molecular flexibility index (Phi) is 2.88. The minimum Gasteiger partial charge on any atom is -0.101 e. The van der Waals surface area contributed by atoms with E-state index in [1.807, 2.05) is 6.92 Å². The van der Waals surface area contributed by atoms with Gasteiger partial charge in [0.1, 0.15) is 4.33 Å². The van der Waals surface area contributed by atoms with Crippen molar-refractivity contribution in [3.8, 4) is 0 Å². The summed E-state index contributed by atoms with van der Waals surface area (Å²) in [6.45, 7) is 2.04. The molecule has 1 fully saturated rings. The Morgan fingerprint density at radius 3 is 2.50 bits per heavy atom. The van der Waals surface area contributed by atoms with Gasteiger partial charge in [0.25, 0.3) is 0 Å². The van der Waals surface area contributed by atoms with Crippen LogP contribution in [0.4, 0.5) is 0 Å². The zero-order chi connectivity index (χ0) is 7.61. The van der Waals surface area contributed by atoms with E-state index in [0.29, 0.717) is 5.92 Å². The Morgan fingerprint density at radius 1 is 1.40 bits per heavy atom. The van der Waals surface area contributed by atoms with Gasteiger partial charge in [-0.1, -0.05) is 19.8 Å². The molecule has 0 aromatic rings. The highest BCUT2D eigenvalue weighted by Crippen LogP contribution is 2.43. The molecule has 0 aliphatic heterocycles. The van der Waals surface area contributed by atoms with Crippen molar-refractivity contribution in [2.24, 2.45) is 5.92 Å². The predicted octanol–water partition coefficient (Wildman–Crippen LogP) is 3.57. The summed E-state index contributed by atoms with van der Waals surface area (Å²) in [5.41, 5.74) is 0. The molecule has 59 valence electrons. The maximum Gasteiger partial charge on any atom is 0.121 e. The molecular weight excluding hydrogens is 167 g/mol. The summed E-state index contributed by atoms with van der Waals surface area (Å²) in [5, 5.41) is 0. The Morgan fingerprint density at radius 2 is 2.10 bits per heavy atom. The summed E-state index contributed by atoms with van der Waals surface area (Å²) >= 11 is 12.1. The molecule has 0 nitrogen and oxygen atoms in total. The zero-order valence-electron chi connectivity index (χ0n) is 6.24. The number of alkyl halides is 2. The Labute approximate surface area is 72.9 Å². The second kappa shape index (κ2) is 3.32. The average molecular weight is 180 g/mol. The molecule has 0 spiro atoms. The lowest BCUT2D eigenvalue weighted by Gasteiger charge is -2.33. The summed E-state index contributed by atoms with van der Waals surface area (Å²) in [7, 11) is 0. The van der Waals surface area contributed by atoms with E-state index in [0.717, 1.165) is 12.8 Å². The lowest BCUT2D eigenvalue weighted by molar-refractivity contribution is 0.375. The van der Waals surface area contributed by atoms with Crippen LogP contribution in [-0.2, 0) is 0 Å². The van der Waals surface area contributed by atoms with Gasteiger partial charge < -0.3 is 0 Å². The highest BCUT2D eigenvalue weighted by Gasteiger charge is 2.35. The fourth-order valence-electron chi connectivity index (χ4n) is 1.53. The van der Waals surface area contributed by atoms with Gasteiger partial charge in [0, 0.05) is 0 Å². The van der Waals surface area contributed by atoms with E-state index in [-0.39, 0.29) is 0 Å². The largest absolute Gasteiger partial charge is 0.121 e. The molecule has 0 N–H and O–H groups in total. The molecular formula is C8H13Cl2. The van der Waals surface area contributed by atoms with Crippen molar-refractivity contribution in [1.29, 1.82) is 0 Å². The lowest BCUT2D eigenvalue weighted by Crippen LogP contribution is -2.29. The van der Waals surface area contributed by atoms with Crippen molar-refractivity contribution >= 4 is 23.2 Å². The van der Waals surface area contributed by atoms with Crippen LogP contribution in [0.2, 0.25) is 0 Å². The molecule has 0 amide bonds. The second-order valence-corrected chi connectivity index (χ2v) is 4.49. The Balaban J connectivity index is 2.51. The molecule has 2 heteroatoms. The molecule has 0 aromatic heterocycles. The summed E-state index contributed by atoms with van der Waals surface area (Å²) in [6.07, 6.45) is 6.68. The fourth-order valence-corrected chi connectivity index (χ4v) is 2.27. The van der Waals surface area contributed by atoms with Crippen molar-refractivity contribution < 1.29 is 0 Å². The topological polar surface area (TPSA) is 0 Å². The monoisotopic (exact) mass is 179 g/mol. The Hall–Kier alpha value is 0.580. The van der Waals surface area contributed by atoms with Crippen molar-refractivity contribution in [2.75, 3.05) is 0 Å². The smallest absolute Gasteiger partial charge is 0.101 e. The van der Waals surface area contributed by atoms with E-state index in [4.69, 9.17) is 23.2 Å². The number of hydrogen-bond donors (Lipinski definition) is 0. The molecule has 1 aliphatic carbocycles. The number of hydrogen-bond acceptors (Lipinski definition) is 0. The molecule has 1 rings (SSSR count). The third-order valence-electron chi connectivity index (χ3n) is 2.22. The van der Waals surface area contributed by atoms with Gasteiger partial charge in [-0.25, -0.2) is 0 Å². The predicted molar refractivity (Wildman–Crippen MR) is 46.4 cm³/mol. The molecule has 1 aliphatic rings. The standard InChI is InChI=1S/C8H13Cl2/c1-2-7-5-3-4-6-8(7,9)10/h2,7H,3-6H2,1H3. The second-order valence-electron chi connectivity index (χ2n) is 2.95. The first kappa shape index (κ1) is 8.67. The van der Waals surface area contributed by atoms with Gasteiger partial charge in [-0.05, 0) is 25.2 Å². The van der Waals surface area contributed by atoms with Gasteiger partial charge in [-0.2, -0.15) is 0 Å². The SMILES string of the molecule is C[CH]C1CCCCC1(Cl)Cl.